The minimum atomic E-state index is -0.0694. The number of hydrogen-bond donors (Lipinski definition) is 3. The Morgan fingerprint density at radius 1 is 1.10 bits per heavy atom. The number of aliphatic imine (C=N–C) groups is 1. The number of hydrogen-bond acceptors (Lipinski definition) is 4. The number of nitrogens with zero attached hydrogens (tertiary/aromatic N) is 1. The van der Waals surface area contributed by atoms with Crippen molar-refractivity contribution in [1.29, 1.82) is 0 Å². The van der Waals surface area contributed by atoms with Crippen LogP contribution in [-0.2, 0) is 4.79 Å². The minimum Gasteiger partial charge on any atom is -0.493 e. The van der Waals surface area contributed by atoms with Crippen LogP contribution in [0.15, 0.2) is 29.3 Å². The van der Waals surface area contributed by atoms with Gasteiger partial charge >= 0.3 is 0 Å². The number of benzene rings is 1. The van der Waals surface area contributed by atoms with Crippen LogP contribution in [0.5, 0.6) is 11.5 Å². The molecular weight excluding hydrogens is 495 g/mol. The zero-order valence-corrected chi connectivity index (χ0v) is 20.7. The zero-order valence-electron chi connectivity index (χ0n) is 18.4. The highest BCUT2D eigenvalue weighted by Crippen LogP contribution is 2.27. The van der Waals surface area contributed by atoms with Gasteiger partial charge < -0.3 is 25.4 Å². The van der Waals surface area contributed by atoms with Crippen LogP contribution in [0.3, 0.4) is 0 Å². The summed E-state index contributed by atoms with van der Waals surface area (Å²) >= 11 is 0. The molecule has 0 heterocycles. The van der Waals surface area contributed by atoms with Crippen LogP contribution < -0.4 is 25.4 Å². The van der Waals surface area contributed by atoms with Crippen LogP contribution in [0.4, 0.5) is 0 Å². The zero-order chi connectivity index (χ0) is 20.9. The lowest BCUT2D eigenvalue weighted by molar-refractivity contribution is -0.122. The van der Waals surface area contributed by atoms with Crippen LogP contribution >= 0.6 is 24.0 Å². The second kappa shape index (κ2) is 15.1. The topological polar surface area (TPSA) is 84.0 Å². The lowest BCUT2D eigenvalue weighted by Gasteiger charge is -2.21. The summed E-state index contributed by atoms with van der Waals surface area (Å²) in [6, 6.07) is 7.59. The van der Waals surface area contributed by atoms with Crippen molar-refractivity contribution < 1.29 is 14.3 Å². The van der Waals surface area contributed by atoms with Crippen molar-refractivity contribution in [1.82, 2.24) is 16.0 Å². The van der Waals surface area contributed by atoms with E-state index in [9.17, 15) is 4.79 Å². The number of carbonyl (C=O) groups excluding carboxylic acids is 1. The molecule has 0 aliphatic heterocycles. The lowest BCUT2D eigenvalue weighted by atomic mass is 9.87. The molecule has 1 aromatic rings. The van der Waals surface area contributed by atoms with Gasteiger partial charge in [-0.3, -0.25) is 9.79 Å². The SMILES string of the molecule is CN=C(NCCNC(=O)CC1CCCCC1)NCC(C)Oc1ccccc1OC.I. The standard InChI is InChI=1S/C22H36N4O3.HI/c1-17(29-20-12-8-7-11-19(20)28-3)16-26-22(23-2)25-14-13-24-21(27)15-18-9-5-4-6-10-18;/h7-8,11-12,17-18H,4-6,9-10,13-16H2,1-3H3,(H,24,27)(H2,23,25,26);1H. The van der Waals surface area contributed by atoms with Crippen molar-refractivity contribution in [3.8, 4) is 11.5 Å². The van der Waals surface area contributed by atoms with Crippen LogP contribution in [0.25, 0.3) is 0 Å². The number of halogens is 1. The number of methoxy groups -OCH3 is 1. The molecule has 0 aromatic heterocycles. The predicted octanol–water partition coefficient (Wildman–Crippen LogP) is 3.33. The molecule has 1 amide bonds. The Morgan fingerprint density at radius 2 is 1.77 bits per heavy atom. The summed E-state index contributed by atoms with van der Waals surface area (Å²) < 4.78 is 11.2. The molecule has 0 radical (unpaired) electrons. The maximum absolute atomic E-state index is 12.1. The van der Waals surface area contributed by atoms with E-state index in [0.29, 0.717) is 49.4 Å². The second-order valence-electron chi connectivity index (χ2n) is 7.52. The third-order valence-corrected chi connectivity index (χ3v) is 5.12. The first kappa shape index (κ1) is 26.3. The fourth-order valence-corrected chi connectivity index (χ4v) is 3.54. The van der Waals surface area contributed by atoms with Crippen molar-refractivity contribution in [2.45, 2.75) is 51.6 Å². The van der Waals surface area contributed by atoms with E-state index in [1.807, 2.05) is 31.2 Å². The maximum Gasteiger partial charge on any atom is 0.220 e. The van der Waals surface area contributed by atoms with Gasteiger partial charge in [-0.25, -0.2) is 0 Å². The van der Waals surface area contributed by atoms with Gasteiger partial charge in [0.1, 0.15) is 6.10 Å². The van der Waals surface area contributed by atoms with Crippen LogP contribution in [-0.4, -0.2) is 51.8 Å². The molecule has 0 spiro atoms. The first-order valence-electron chi connectivity index (χ1n) is 10.6. The molecule has 170 valence electrons. The molecule has 1 fully saturated rings. The normalized spacial score (nSPS) is 15.5. The third kappa shape index (κ3) is 9.86. The summed E-state index contributed by atoms with van der Waals surface area (Å²) in [5, 5.41) is 9.45. The monoisotopic (exact) mass is 532 g/mol. The number of amides is 1. The number of rotatable bonds is 10. The van der Waals surface area contributed by atoms with Crippen LogP contribution in [0.2, 0.25) is 0 Å². The highest BCUT2D eigenvalue weighted by molar-refractivity contribution is 14.0. The van der Waals surface area contributed by atoms with E-state index in [4.69, 9.17) is 9.47 Å². The average molecular weight is 532 g/mol. The van der Waals surface area contributed by atoms with Gasteiger partial charge in [0.05, 0.1) is 13.7 Å². The first-order chi connectivity index (χ1) is 14.1. The number of carbonyl (C=O) groups is 1. The number of ether oxygens (including phenoxy) is 2. The van der Waals surface area contributed by atoms with Crippen LogP contribution in [0, 0.1) is 5.92 Å². The molecule has 1 aliphatic rings. The van der Waals surface area contributed by atoms with E-state index in [1.165, 1.54) is 32.1 Å². The highest BCUT2D eigenvalue weighted by Gasteiger charge is 2.16. The Balaban J connectivity index is 0.00000450. The molecular formula is C22H37IN4O3. The van der Waals surface area contributed by atoms with Crippen LogP contribution in [0.1, 0.15) is 45.4 Å². The van der Waals surface area contributed by atoms with Gasteiger partial charge in [0.15, 0.2) is 17.5 Å². The molecule has 0 saturated heterocycles. The molecule has 1 atom stereocenters. The van der Waals surface area contributed by atoms with Crippen molar-refractivity contribution in [3.63, 3.8) is 0 Å². The second-order valence-corrected chi connectivity index (χ2v) is 7.52. The van der Waals surface area contributed by atoms with E-state index in [-0.39, 0.29) is 36.0 Å². The Morgan fingerprint density at radius 3 is 2.43 bits per heavy atom. The first-order valence-corrected chi connectivity index (χ1v) is 10.6. The summed E-state index contributed by atoms with van der Waals surface area (Å²) in [5.41, 5.74) is 0. The number of nitrogens with one attached hydrogen (secondary N) is 3. The summed E-state index contributed by atoms with van der Waals surface area (Å²) in [6.07, 6.45) is 6.82. The Labute approximate surface area is 197 Å². The molecule has 8 heteroatoms. The van der Waals surface area contributed by atoms with Gasteiger partial charge in [0.25, 0.3) is 0 Å². The fourth-order valence-electron chi connectivity index (χ4n) is 3.54. The molecule has 1 aromatic carbocycles. The summed E-state index contributed by atoms with van der Waals surface area (Å²) in [4.78, 5) is 16.3. The molecule has 7 nitrogen and oxygen atoms in total. The molecule has 1 unspecified atom stereocenters. The Bertz CT molecular complexity index is 651. The molecule has 30 heavy (non-hydrogen) atoms. The van der Waals surface area contributed by atoms with E-state index in [2.05, 4.69) is 20.9 Å². The van der Waals surface area contributed by atoms with E-state index in [1.54, 1.807) is 14.2 Å². The van der Waals surface area contributed by atoms with Gasteiger partial charge in [-0.15, -0.1) is 24.0 Å². The Hall–Kier alpha value is -1.71. The predicted molar refractivity (Wildman–Crippen MR) is 132 cm³/mol. The maximum atomic E-state index is 12.1. The Kier molecular flexibility index (Phi) is 13.3. The molecule has 2 rings (SSSR count). The van der Waals surface area contributed by atoms with Gasteiger partial charge in [-0.1, -0.05) is 31.4 Å². The van der Waals surface area contributed by atoms with Crippen molar-refractivity contribution in [2.24, 2.45) is 10.9 Å². The van der Waals surface area contributed by atoms with Crippen molar-refractivity contribution >= 4 is 35.8 Å². The van der Waals surface area contributed by atoms with Crippen molar-refractivity contribution in [3.05, 3.63) is 24.3 Å². The van der Waals surface area contributed by atoms with Gasteiger partial charge in [-0.2, -0.15) is 0 Å². The summed E-state index contributed by atoms with van der Waals surface area (Å²) in [7, 11) is 3.35. The van der Waals surface area contributed by atoms with E-state index >= 15 is 0 Å². The number of para-hydroxylation sites is 2. The van der Waals surface area contributed by atoms with Gasteiger partial charge in [0, 0.05) is 26.6 Å². The van der Waals surface area contributed by atoms with Gasteiger partial charge in [-0.05, 0) is 37.8 Å². The molecule has 1 saturated carbocycles. The smallest absolute Gasteiger partial charge is 0.220 e. The third-order valence-electron chi connectivity index (χ3n) is 5.12. The summed E-state index contributed by atoms with van der Waals surface area (Å²) in [5.74, 6) is 2.83. The molecule has 0 bridgehead atoms. The highest BCUT2D eigenvalue weighted by atomic mass is 127. The lowest BCUT2D eigenvalue weighted by Crippen LogP contribution is -2.44. The van der Waals surface area contributed by atoms with E-state index < -0.39 is 0 Å². The fraction of sp³-hybridized carbons (Fsp3) is 0.636. The van der Waals surface area contributed by atoms with Crippen molar-refractivity contribution in [2.75, 3.05) is 33.8 Å². The minimum absolute atomic E-state index is 0. The molecule has 1 aliphatic carbocycles. The number of guanidine groups is 1. The van der Waals surface area contributed by atoms with E-state index in [0.717, 1.165) is 0 Å². The average Bonchev–Trinajstić information content (AvgIpc) is 2.74. The molecule has 3 N–H and O–H groups in total. The summed E-state index contributed by atoms with van der Waals surface area (Å²) in [6.45, 7) is 3.78. The van der Waals surface area contributed by atoms with Gasteiger partial charge in [0.2, 0.25) is 5.91 Å². The quantitative estimate of drug-likeness (QED) is 0.186. The largest absolute Gasteiger partial charge is 0.493 e.